The Hall–Kier alpha value is -1.85. The Morgan fingerprint density at radius 1 is 0.618 bits per heavy atom. The van der Waals surface area contributed by atoms with Crippen molar-refractivity contribution in [2.75, 3.05) is 0 Å². The largest absolute Gasteiger partial charge is 0.743 e. The molecule has 0 aliphatic heterocycles. The fourth-order valence-electron chi connectivity index (χ4n) is 2.11. The third kappa shape index (κ3) is 7.32. The quantitative estimate of drug-likeness (QED) is 0.214. The minimum Gasteiger partial charge on any atom is -0.743 e. The Morgan fingerprint density at radius 3 is 1.38 bits per heavy atom. The van der Waals surface area contributed by atoms with E-state index in [1.165, 1.54) is 0 Å². The zero-order chi connectivity index (χ0) is 27.3. The van der Waals surface area contributed by atoms with Gasteiger partial charge in [-0.15, -0.1) is 0 Å². The molecule has 0 aliphatic rings. The monoisotopic (exact) mass is 549 g/mol. The molecule has 0 saturated carbocycles. The number of aromatic nitrogens is 1. The van der Waals surface area contributed by atoms with Gasteiger partial charge in [0.2, 0.25) is 0 Å². The summed E-state index contributed by atoms with van der Waals surface area (Å²) < 4.78 is 197. The van der Waals surface area contributed by atoms with E-state index in [9.17, 15) is 70.0 Å². The van der Waals surface area contributed by atoms with E-state index in [4.69, 9.17) is 0 Å². The first kappa shape index (κ1) is 32.1. The lowest BCUT2D eigenvalue weighted by atomic mass is 9.94. The van der Waals surface area contributed by atoms with Crippen molar-refractivity contribution in [2.45, 2.75) is 67.2 Å². The molecule has 0 aliphatic carbocycles. The van der Waals surface area contributed by atoms with E-state index < -0.39 is 77.3 Å². The van der Waals surface area contributed by atoms with Gasteiger partial charge in [-0.3, -0.25) is 0 Å². The molecule has 4 nitrogen and oxygen atoms in total. The second-order valence-electron chi connectivity index (χ2n) is 6.65. The summed E-state index contributed by atoms with van der Waals surface area (Å²) in [7, 11) is -7.69. The SMILES string of the molecule is O=S(=O)([O-])C(F)(F)C(F)(F)C(F)(F)C(F)(F)C(F)(F)CCCCCC(F)(F)F.c1cc[nH+]cc1. The van der Waals surface area contributed by atoms with Crippen LogP contribution < -0.4 is 4.98 Å². The van der Waals surface area contributed by atoms with Crippen LogP contribution >= 0.6 is 0 Å². The summed E-state index contributed by atoms with van der Waals surface area (Å²) in [6, 6.07) is 5.86. The number of hydrogen-bond acceptors (Lipinski definition) is 3. The number of halogens is 13. The Labute approximate surface area is 183 Å². The fourth-order valence-corrected chi connectivity index (χ4v) is 2.56. The van der Waals surface area contributed by atoms with Crippen molar-refractivity contribution in [1.82, 2.24) is 0 Å². The van der Waals surface area contributed by atoms with E-state index in [0.717, 1.165) is 0 Å². The van der Waals surface area contributed by atoms with Crippen molar-refractivity contribution in [2.24, 2.45) is 0 Å². The van der Waals surface area contributed by atoms with Gasteiger partial charge in [0.05, 0.1) is 0 Å². The van der Waals surface area contributed by atoms with Crippen LogP contribution in [-0.2, 0) is 10.1 Å². The molecule has 0 amide bonds. The van der Waals surface area contributed by atoms with Gasteiger partial charge in [0.25, 0.3) is 0 Å². The zero-order valence-electron chi connectivity index (χ0n) is 16.5. The molecule has 1 aromatic rings. The van der Waals surface area contributed by atoms with E-state index in [0.29, 0.717) is 0 Å². The molecule has 1 rings (SSSR count). The molecular formula is C16H16F13NO3S. The van der Waals surface area contributed by atoms with Crippen molar-refractivity contribution in [3.63, 3.8) is 0 Å². The maximum atomic E-state index is 13.3. The standard InChI is InChI=1S/C11H11F13O3S.C5H5N/c12-6(13,4-2-1-3-5-7(14,15)16)8(17,18)9(19,20)10(21,22)11(23,24)28(25,26)27;1-2-4-6-5-3-1/h1-5H2,(H,25,26,27);1-5H. The summed E-state index contributed by atoms with van der Waals surface area (Å²) in [5.41, 5.74) is 0. The minimum atomic E-state index is -7.75. The van der Waals surface area contributed by atoms with Crippen LogP contribution in [0.4, 0.5) is 57.1 Å². The van der Waals surface area contributed by atoms with Crippen LogP contribution in [0.1, 0.15) is 32.1 Å². The van der Waals surface area contributed by atoms with E-state index in [-0.39, 0.29) is 0 Å². The van der Waals surface area contributed by atoms with Gasteiger partial charge in [-0.05, 0) is 12.8 Å². The molecule has 1 N–H and O–H groups in total. The topological polar surface area (TPSA) is 71.3 Å². The third-order valence-corrected chi connectivity index (χ3v) is 4.87. The Morgan fingerprint density at radius 2 is 1.06 bits per heavy atom. The molecule has 1 aromatic heterocycles. The number of H-pyrrole nitrogens is 1. The first-order chi connectivity index (χ1) is 15.0. The molecule has 0 saturated heterocycles. The smallest absolute Gasteiger partial charge is 0.402 e. The van der Waals surface area contributed by atoms with Gasteiger partial charge in [-0.2, -0.15) is 57.1 Å². The molecule has 0 unspecified atom stereocenters. The van der Waals surface area contributed by atoms with Crippen LogP contribution in [0.5, 0.6) is 0 Å². The molecule has 18 heteroatoms. The second kappa shape index (κ2) is 10.8. The second-order valence-corrected chi connectivity index (χ2v) is 8.07. The molecular weight excluding hydrogens is 533 g/mol. The van der Waals surface area contributed by atoms with Crippen LogP contribution in [0.3, 0.4) is 0 Å². The van der Waals surface area contributed by atoms with E-state index in [1.54, 1.807) is 0 Å². The van der Waals surface area contributed by atoms with E-state index in [2.05, 4.69) is 4.98 Å². The van der Waals surface area contributed by atoms with Crippen LogP contribution in [0.2, 0.25) is 0 Å². The predicted octanol–water partition coefficient (Wildman–Crippen LogP) is 5.68. The Balaban J connectivity index is 0.00000156. The molecule has 0 atom stereocenters. The molecule has 0 spiro atoms. The molecule has 0 aromatic carbocycles. The molecule has 200 valence electrons. The van der Waals surface area contributed by atoms with Crippen LogP contribution in [-0.4, -0.2) is 48.1 Å². The number of pyridine rings is 1. The average Bonchev–Trinajstić information content (AvgIpc) is 2.67. The lowest BCUT2D eigenvalue weighted by Crippen LogP contribution is -2.68. The normalized spacial score (nSPS) is 14.4. The van der Waals surface area contributed by atoms with E-state index in [1.807, 2.05) is 30.6 Å². The number of aromatic amines is 1. The predicted molar refractivity (Wildman–Crippen MR) is 86.6 cm³/mol. The van der Waals surface area contributed by atoms with Crippen molar-refractivity contribution in [3.8, 4) is 0 Å². The third-order valence-electron chi connectivity index (χ3n) is 3.99. The molecule has 1 heterocycles. The minimum absolute atomic E-state index is 0.891. The van der Waals surface area contributed by atoms with Gasteiger partial charge >= 0.3 is 35.1 Å². The van der Waals surface area contributed by atoms with Gasteiger partial charge in [0.1, 0.15) is 0 Å². The summed E-state index contributed by atoms with van der Waals surface area (Å²) >= 11 is 0. The van der Waals surface area contributed by atoms with Gasteiger partial charge in [-0.1, -0.05) is 12.5 Å². The number of unbranched alkanes of at least 4 members (excludes halogenated alkanes) is 2. The number of nitrogens with one attached hydrogen (secondary N) is 1. The lowest BCUT2D eigenvalue weighted by Gasteiger charge is -2.39. The highest BCUT2D eigenvalue weighted by molar-refractivity contribution is 7.86. The first-order valence-electron chi connectivity index (χ1n) is 8.78. The first-order valence-corrected chi connectivity index (χ1v) is 10.2. The molecule has 0 fully saturated rings. The van der Waals surface area contributed by atoms with Crippen molar-refractivity contribution >= 4 is 10.1 Å². The Kier molecular flexibility index (Phi) is 10.2. The number of alkyl halides is 13. The molecule has 0 radical (unpaired) electrons. The summed E-state index contributed by atoms with van der Waals surface area (Å²) in [6.45, 7) is 0. The van der Waals surface area contributed by atoms with E-state index >= 15 is 0 Å². The van der Waals surface area contributed by atoms with Gasteiger partial charge in [0.15, 0.2) is 22.5 Å². The summed E-state index contributed by atoms with van der Waals surface area (Å²) in [5.74, 6) is -28.9. The van der Waals surface area contributed by atoms with Gasteiger partial charge < -0.3 is 4.55 Å². The van der Waals surface area contributed by atoms with Crippen LogP contribution in [0, 0.1) is 0 Å². The highest BCUT2D eigenvalue weighted by Gasteiger charge is 2.87. The number of hydrogen-bond donors (Lipinski definition) is 0. The summed E-state index contributed by atoms with van der Waals surface area (Å²) in [5, 5.41) is -7.38. The van der Waals surface area contributed by atoms with Crippen molar-refractivity contribution < 1.29 is 75.0 Å². The maximum absolute atomic E-state index is 13.3. The Bertz CT molecular complexity index is 832. The summed E-state index contributed by atoms with van der Waals surface area (Å²) in [4.78, 5) is 2.89. The van der Waals surface area contributed by atoms with Crippen molar-refractivity contribution in [3.05, 3.63) is 30.6 Å². The summed E-state index contributed by atoms with van der Waals surface area (Å²) in [6.07, 6.45) is -8.11. The number of rotatable bonds is 10. The lowest BCUT2D eigenvalue weighted by molar-refractivity contribution is -0.390. The fraction of sp³-hybridized carbons (Fsp3) is 0.688. The van der Waals surface area contributed by atoms with Gasteiger partial charge in [0, 0.05) is 25.0 Å². The van der Waals surface area contributed by atoms with Crippen LogP contribution in [0.15, 0.2) is 30.6 Å². The zero-order valence-corrected chi connectivity index (χ0v) is 17.3. The highest BCUT2D eigenvalue weighted by Crippen LogP contribution is 2.58. The molecule has 0 bridgehead atoms. The molecule has 34 heavy (non-hydrogen) atoms. The maximum Gasteiger partial charge on any atom is 0.402 e. The average molecular weight is 549 g/mol. The highest BCUT2D eigenvalue weighted by atomic mass is 32.2. The van der Waals surface area contributed by atoms with Crippen LogP contribution in [0.25, 0.3) is 0 Å². The van der Waals surface area contributed by atoms with Crippen molar-refractivity contribution in [1.29, 1.82) is 0 Å². The van der Waals surface area contributed by atoms with Gasteiger partial charge in [-0.25, -0.2) is 13.4 Å².